The summed E-state index contributed by atoms with van der Waals surface area (Å²) >= 11 is 7.33. The van der Waals surface area contributed by atoms with Crippen LogP contribution < -0.4 is 24.3 Å². The van der Waals surface area contributed by atoms with Gasteiger partial charge in [0.05, 0.1) is 29.8 Å². The number of pyridine rings is 2. The molecule has 2 heterocycles. The Morgan fingerprint density at radius 1 is 0.720 bits per heavy atom. The summed E-state index contributed by atoms with van der Waals surface area (Å²) in [5.74, 6) is 2.07. The van der Waals surface area contributed by atoms with Crippen molar-refractivity contribution in [3.05, 3.63) is 90.9 Å². The van der Waals surface area contributed by atoms with Crippen molar-refractivity contribution in [1.82, 2.24) is 15.3 Å². The molecular weight excluding hydrogens is 806 g/mol. The molecule has 13 heteroatoms. The Balaban J connectivity index is 0.00000281. The monoisotopic (exact) mass is 849 g/mol. The number of nitrogens with zero attached hydrogens (tertiary/aromatic N) is 2. The molecule has 2 aliphatic rings. The zero-order valence-electron chi connectivity index (χ0n) is 28.2. The van der Waals surface area contributed by atoms with Crippen molar-refractivity contribution in [2.75, 3.05) is 34.0 Å². The van der Waals surface area contributed by atoms with Crippen LogP contribution in [0.4, 0.5) is 0 Å². The van der Waals surface area contributed by atoms with E-state index in [0.29, 0.717) is 36.6 Å². The van der Waals surface area contributed by atoms with Crippen molar-refractivity contribution in [3.63, 3.8) is 0 Å². The van der Waals surface area contributed by atoms with Gasteiger partial charge in [-0.05, 0) is 122 Å². The Labute approximate surface area is 324 Å². The van der Waals surface area contributed by atoms with Gasteiger partial charge in [-0.25, -0.2) is 0 Å². The summed E-state index contributed by atoms with van der Waals surface area (Å²) in [6.07, 6.45) is 5.63. The molecule has 4 aromatic rings. The van der Waals surface area contributed by atoms with E-state index in [2.05, 4.69) is 78.6 Å². The largest absolute Gasteiger partial charge is 0.481 e. The highest BCUT2D eigenvalue weighted by Crippen LogP contribution is 2.46. The fraction of sp³-hybridized carbons (Fsp3) is 0.405. The molecule has 0 unspecified atom stereocenters. The number of fused-ring (bicyclic) bond motifs is 2. The number of ether oxygens (including phenoxy) is 4. The second kappa shape index (κ2) is 18.8. The highest BCUT2D eigenvalue weighted by atomic mass is 79.9. The van der Waals surface area contributed by atoms with Gasteiger partial charge in [0.2, 0.25) is 23.5 Å². The van der Waals surface area contributed by atoms with E-state index in [0.717, 1.165) is 65.0 Å². The van der Waals surface area contributed by atoms with Crippen LogP contribution in [0.2, 0.25) is 0 Å². The number of hydrogen-bond acceptors (Lipinski definition) is 9. The van der Waals surface area contributed by atoms with Gasteiger partial charge in [0.25, 0.3) is 0 Å². The second-order valence-electron chi connectivity index (χ2n) is 12.0. The molecule has 0 saturated carbocycles. The van der Waals surface area contributed by atoms with E-state index in [1.807, 2.05) is 12.1 Å². The minimum Gasteiger partial charge on any atom is -0.481 e. The number of halogens is 2. The quantitative estimate of drug-likeness (QED) is 0.105. The van der Waals surface area contributed by atoms with Crippen LogP contribution in [0.15, 0.2) is 57.5 Å². The molecular formula is C37H45Br2N3O6S2. The summed E-state index contributed by atoms with van der Waals surface area (Å²) < 4.78 is 25.8. The molecule has 0 amide bonds. The molecule has 0 fully saturated rings. The van der Waals surface area contributed by atoms with Crippen LogP contribution in [0.25, 0.3) is 11.1 Å². The topological polar surface area (TPSA) is 115 Å². The lowest BCUT2D eigenvalue weighted by molar-refractivity contribution is 0.194. The van der Waals surface area contributed by atoms with E-state index in [-0.39, 0.29) is 52.4 Å². The third-order valence-corrected chi connectivity index (χ3v) is 10.2. The standard InChI is InChI=1S/C37H41Br2N3O6.2H2S/c1-45-34-22(7-3-4-17-43)19-30(38)36(41-34)47-32-14-12-26-24(8-5-10-28(26)32)25-9-6-11-29-27(25)13-15-33(29)48-37-31(39)20-23(21-40-16-18-44)35(42-37)46-2;;/h5-6,8-11,19-20,32-33,40,43-44H,3-4,7,12-18,21H2,1-2H3;2*1H2/t32-,33-;;/m0../s1. The number of aryl methyl sites for hydroxylation is 1. The fourth-order valence-corrected chi connectivity index (χ4v) is 7.71. The van der Waals surface area contributed by atoms with E-state index in [9.17, 15) is 5.11 Å². The SMILES string of the molecule is COc1nc(O[C@H]2CCc3c(-c4cccc5c4CC[C@@H]5Oc4nc(OC)c(CNCCO)cc4Br)cccc32)c(Br)cc1CCCCO.S.S. The molecule has 0 bridgehead atoms. The van der Waals surface area contributed by atoms with Gasteiger partial charge in [0.15, 0.2) is 0 Å². The first-order chi connectivity index (χ1) is 23.4. The third kappa shape index (κ3) is 8.74. The summed E-state index contributed by atoms with van der Waals surface area (Å²) in [4.78, 5) is 9.40. The van der Waals surface area contributed by atoms with Crippen LogP contribution in [0.1, 0.15) is 71.3 Å². The molecule has 2 atom stereocenters. The van der Waals surface area contributed by atoms with E-state index >= 15 is 0 Å². The Kier molecular flexibility index (Phi) is 15.1. The molecule has 0 aliphatic heterocycles. The van der Waals surface area contributed by atoms with Crippen LogP contribution in [0.5, 0.6) is 23.5 Å². The minimum absolute atomic E-state index is 0. The van der Waals surface area contributed by atoms with E-state index < -0.39 is 0 Å². The highest BCUT2D eigenvalue weighted by Gasteiger charge is 2.32. The molecule has 0 spiro atoms. The van der Waals surface area contributed by atoms with E-state index in [1.54, 1.807) is 14.2 Å². The number of aromatic nitrogens is 2. The zero-order chi connectivity index (χ0) is 33.6. The maximum Gasteiger partial charge on any atom is 0.231 e. The number of nitrogens with one attached hydrogen (secondary N) is 1. The number of aliphatic hydroxyl groups is 2. The second-order valence-corrected chi connectivity index (χ2v) is 13.7. The first-order valence-electron chi connectivity index (χ1n) is 16.4. The Bertz CT molecular complexity index is 1640. The molecule has 2 aliphatic carbocycles. The fourth-order valence-electron chi connectivity index (χ4n) is 6.79. The summed E-state index contributed by atoms with van der Waals surface area (Å²) in [5.41, 5.74) is 9.32. The van der Waals surface area contributed by atoms with Crippen LogP contribution in [0, 0.1) is 0 Å². The molecule has 2 aromatic carbocycles. The van der Waals surface area contributed by atoms with Gasteiger partial charge in [-0.3, -0.25) is 0 Å². The first-order valence-corrected chi connectivity index (χ1v) is 18.0. The van der Waals surface area contributed by atoms with Crippen molar-refractivity contribution in [1.29, 1.82) is 0 Å². The Morgan fingerprint density at radius 3 is 1.74 bits per heavy atom. The molecule has 2 aromatic heterocycles. The predicted octanol–water partition coefficient (Wildman–Crippen LogP) is 7.44. The van der Waals surface area contributed by atoms with Gasteiger partial charge in [-0.15, -0.1) is 0 Å². The average molecular weight is 852 g/mol. The van der Waals surface area contributed by atoms with Gasteiger partial charge >= 0.3 is 0 Å². The van der Waals surface area contributed by atoms with Crippen LogP contribution in [0.3, 0.4) is 0 Å². The lowest BCUT2D eigenvalue weighted by Crippen LogP contribution is -2.18. The Morgan fingerprint density at radius 2 is 1.24 bits per heavy atom. The minimum atomic E-state index is -0.135. The third-order valence-electron chi connectivity index (χ3n) is 9.04. The number of aliphatic hydroxyl groups excluding tert-OH is 2. The van der Waals surface area contributed by atoms with Crippen molar-refractivity contribution < 1.29 is 29.2 Å². The van der Waals surface area contributed by atoms with Crippen molar-refractivity contribution in [2.45, 2.75) is 63.7 Å². The molecule has 50 heavy (non-hydrogen) atoms. The molecule has 9 nitrogen and oxygen atoms in total. The number of hydrogen-bond donors (Lipinski definition) is 3. The summed E-state index contributed by atoms with van der Waals surface area (Å²) in [6, 6.07) is 17.0. The number of methoxy groups -OCH3 is 2. The predicted molar refractivity (Wildman–Crippen MR) is 212 cm³/mol. The van der Waals surface area contributed by atoms with Crippen LogP contribution >= 0.6 is 58.9 Å². The van der Waals surface area contributed by atoms with E-state index in [1.165, 1.54) is 33.4 Å². The molecule has 270 valence electrons. The van der Waals surface area contributed by atoms with E-state index in [4.69, 9.17) is 29.0 Å². The number of unbranched alkanes of at least 4 members (excludes halogenated alkanes) is 1. The summed E-state index contributed by atoms with van der Waals surface area (Å²) in [5, 5.41) is 21.5. The van der Waals surface area contributed by atoms with Crippen molar-refractivity contribution in [3.8, 4) is 34.6 Å². The van der Waals surface area contributed by atoms with Crippen molar-refractivity contribution >= 4 is 58.9 Å². The first kappa shape index (κ1) is 40.3. The maximum atomic E-state index is 9.18. The van der Waals surface area contributed by atoms with Crippen LogP contribution in [-0.4, -0.2) is 54.2 Å². The average Bonchev–Trinajstić information content (AvgIpc) is 3.71. The summed E-state index contributed by atoms with van der Waals surface area (Å²) in [7, 11) is 3.23. The summed E-state index contributed by atoms with van der Waals surface area (Å²) in [6.45, 7) is 1.25. The van der Waals surface area contributed by atoms with Gasteiger partial charge in [-0.2, -0.15) is 37.0 Å². The Hall–Kier alpha value is -2.52. The highest BCUT2D eigenvalue weighted by molar-refractivity contribution is 9.10. The van der Waals surface area contributed by atoms with Gasteiger partial charge < -0.3 is 34.5 Å². The molecule has 6 rings (SSSR count). The lowest BCUT2D eigenvalue weighted by Gasteiger charge is -2.19. The van der Waals surface area contributed by atoms with Crippen molar-refractivity contribution in [2.24, 2.45) is 0 Å². The molecule has 3 N–H and O–H groups in total. The number of rotatable bonds is 15. The molecule has 0 radical (unpaired) electrons. The van der Waals surface area contributed by atoms with Gasteiger partial charge in [0, 0.05) is 30.8 Å². The van der Waals surface area contributed by atoms with Gasteiger partial charge in [-0.1, -0.05) is 36.4 Å². The smallest absolute Gasteiger partial charge is 0.231 e. The molecule has 0 saturated heterocycles. The maximum absolute atomic E-state index is 9.18. The normalized spacial score (nSPS) is 15.8. The van der Waals surface area contributed by atoms with Crippen LogP contribution in [-0.2, 0) is 25.8 Å². The number of benzene rings is 2. The zero-order valence-corrected chi connectivity index (χ0v) is 33.4. The van der Waals surface area contributed by atoms with Gasteiger partial charge in [0.1, 0.15) is 12.2 Å². The lowest BCUT2D eigenvalue weighted by atomic mass is 9.91.